The van der Waals surface area contributed by atoms with Crippen LogP contribution in [0.25, 0.3) is 0 Å². The van der Waals surface area contributed by atoms with E-state index in [-0.39, 0.29) is 11.8 Å². The van der Waals surface area contributed by atoms with Crippen molar-refractivity contribution in [2.45, 2.75) is 12.5 Å². The van der Waals surface area contributed by atoms with Crippen LogP contribution in [0.1, 0.15) is 28.5 Å². The topological polar surface area (TPSA) is 42.4 Å². The third-order valence-electron chi connectivity index (χ3n) is 3.99. The normalized spacial score (nSPS) is 17.1. The van der Waals surface area contributed by atoms with Crippen LogP contribution in [0.2, 0.25) is 0 Å². The molecule has 114 valence electrons. The van der Waals surface area contributed by atoms with Crippen LogP contribution in [-0.4, -0.2) is 42.0 Å². The van der Waals surface area contributed by atoms with Gasteiger partial charge in [0, 0.05) is 31.3 Å². The SMILES string of the molecule is O=C(C[C@@H](c1ccccn1)N1CCOCC1)c1ccccc1. The molecule has 1 aliphatic rings. The van der Waals surface area contributed by atoms with Gasteiger partial charge in [-0.15, -0.1) is 0 Å². The van der Waals surface area contributed by atoms with Gasteiger partial charge >= 0.3 is 0 Å². The lowest BCUT2D eigenvalue weighted by atomic mass is 9.99. The van der Waals surface area contributed by atoms with Crippen LogP contribution in [-0.2, 0) is 4.74 Å². The van der Waals surface area contributed by atoms with Crippen molar-refractivity contribution < 1.29 is 9.53 Å². The van der Waals surface area contributed by atoms with Crippen LogP contribution < -0.4 is 0 Å². The maximum absolute atomic E-state index is 12.6. The van der Waals surface area contributed by atoms with Crippen LogP contribution in [0.5, 0.6) is 0 Å². The first-order valence-electron chi connectivity index (χ1n) is 7.65. The molecule has 2 aromatic rings. The van der Waals surface area contributed by atoms with Crippen molar-refractivity contribution >= 4 is 5.78 Å². The number of aromatic nitrogens is 1. The Kier molecular flexibility index (Phi) is 4.93. The number of nitrogens with zero attached hydrogens (tertiary/aromatic N) is 2. The zero-order chi connectivity index (χ0) is 15.2. The summed E-state index contributed by atoms with van der Waals surface area (Å²) in [6.07, 6.45) is 2.23. The zero-order valence-corrected chi connectivity index (χ0v) is 12.5. The van der Waals surface area contributed by atoms with E-state index in [9.17, 15) is 4.79 Å². The number of carbonyl (C=O) groups is 1. The van der Waals surface area contributed by atoms with E-state index in [1.54, 1.807) is 6.20 Å². The maximum atomic E-state index is 12.6. The lowest BCUT2D eigenvalue weighted by Crippen LogP contribution is -2.40. The summed E-state index contributed by atoms with van der Waals surface area (Å²) in [6.45, 7) is 3.10. The number of hydrogen-bond donors (Lipinski definition) is 0. The second-order valence-corrected chi connectivity index (χ2v) is 5.41. The quantitative estimate of drug-likeness (QED) is 0.796. The Morgan fingerprint density at radius 3 is 2.50 bits per heavy atom. The molecule has 1 fully saturated rings. The molecule has 4 heteroatoms. The highest BCUT2D eigenvalue weighted by atomic mass is 16.5. The minimum atomic E-state index is 0.0119. The summed E-state index contributed by atoms with van der Waals surface area (Å²) in [6, 6.07) is 15.4. The molecule has 22 heavy (non-hydrogen) atoms. The summed E-state index contributed by atoms with van der Waals surface area (Å²) < 4.78 is 5.43. The van der Waals surface area contributed by atoms with Gasteiger partial charge in [-0.25, -0.2) is 0 Å². The first-order chi connectivity index (χ1) is 10.8. The maximum Gasteiger partial charge on any atom is 0.164 e. The highest BCUT2D eigenvalue weighted by Gasteiger charge is 2.26. The van der Waals surface area contributed by atoms with Gasteiger partial charge in [-0.3, -0.25) is 14.7 Å². The zero-order valence-electron chi connectivity index (χ0n) is 12.5. The van der Waals surface area contributed by atoms with Crippen molar-refractivity contribution in [2.75, 3.05) is 26.3 Å². The van der Waals surface area contributed by atoms with E-state index in [2.05, 4.69) is 9.88 Å². The molecule has 0 aliphatic carbocycles. The van der Waals surface area contributed by atoms with Crippen LogP contribution in [0, 0.1) is 0 Å². The van der Waals surface area contributed by atoms with Crippen LogP contribution in [0.4, 0.5) is 0 Å². The number of hydrogen-bond acceptors (Lipinski definition) is 4. The lowest BCUT2D eigenvalue weighted by molar-refractivity contribution is 0.0137. The predicted molar refractivity (Wildman–Crippen MR) is 84.8 cm³/mol. The molecule has 0 saturated carbocycles. The molecule has 1 aromatic heterocycles. The number of ether oxygens (including phenoxy) is 1. The summed E-state index contributed by atoms with van der Waals surface area (Å²) in [7, 11) is 0. The molecule has 3 rings (SSSR count). The molecule has 0 unspecified atom stereocenters. The van der Waals surface area contributed by atoms with Crippen LogP contribution in [0.3, 0.4) is 0 Å². The standard InChI is InChI=1S/C18H20N2O2/c21-18(15-6-2-1-3-7-15)14-17(16-8-4-5-9-19-16)20-10-12-22-13-11-20/h1-9,17H,10-14H2/t17-/m0/s1. The third kappa shape index (κ3) is 3.59. The fourth-order valence-corrected chi connectivity index (χ4v) is 2.80. The molecule has 0 amide bonds. The summed E-state index contributed by atoms with van der Waals surface area (Å²) >= 11 is 0. The largest absolute Gasteiger partial charge is 0.379 e. The first kappa shape index (κ1) is 14.9. The van der Waals surface area contributed by atoms with Crippen molar-refractivity contribution in [2.24, 2.45) is 0 Å². The van der Waals surface area contributed by atoms with Gasteiger partial charge in [-0.1, -0.05) is 36.4 Å². The highest BCUT2D eigenvalue weighted by molar-refractivity contribution is 5.96. The monoisotopic (exact) mass is 296 g/mol. The number of rotatable bonds is 5. The summed E-state index contributed by atoms with van der Waals surface area (Å²) in [4.78, 5) is 19.3. The second kappa shape index (κ2) is 7.29. The summed E-state index contributed by atoms with van der Waals surface area (Å²) in [5.41, 5.74) is 1.71. The van der Waals surface area contributed by atoms with Crippen molar-refractivity contribution in [3.8, 4) is 0 Å². The average Bonchev–Trinajstić information content (AvgIpc) is 2.62. The molecule has 1 saturated heterocycles. The molecular weight excluding hydrogens is 276 g/mol. The van der Waals surface area contributed by atoms with E-state index in [1.165, 1.54) is 0 Å². The minimum absolute atomic E-state index is 0.0119. The highest BCUT2D eigenvalue weighted by Crippen LogP contribution is 2.25. The van der Waals surface area contributed by atoms with E-state index in [0.717, 1.165) is 24.3 Å². The van der Waals surface area contributed by atoms with Gasteiger partial charge in [0.2, 0.25) is 0 Å². The molecule has 1 atom stereocenters. The summed E-state index contributed by atoms with van der Waals surface area (Å²) in [5, 5.41) is 0. The Hall–Kier alpha value is -2.04. The number of morpholine rings is 1. The van der Waals surface area contributed by atoms with Gasteiger partial charge in [0.15, 0.2) is 5.78 Å². The number of Topliss-reactive ketones (excluding diaryl/α,β-unsaturated/α-hetero) is 1. The fourth-order valence-electron chi connectivity index (χ4n) is 2.80. The van der Waals surface area contributed by atoms with E-state index in [4.69, 9.17) is 4.74 Å². The van der Waals surface area contributed by atoms with Gasteiger partial charge < -0.3 is 4.74 Å². The Balaban J connectivity index is 1.81. The van der Waals surface area contributed by atoms with Gasteiger partial charge in [0.1, 0.15) is 0 Å². The van der Waals surface area contributed by atoms with Gasteiger partial charge in [-0.05, 0) is 12.1 Å². The van der Waals surface area contributed by atoms with Crippen molar-refractivity contribution in [3.05, 3.63) is 66.0 Å². The van der Waals surface area contributed by atoms with Crippen LogP contribution in [0.15, 0.2) is 54.7 Å². The van der Waals surface area contributed by atoms with Crippen molar-refractivity contribution in [3.63, 3.8) is 0 Å². The van der Waals surface area contributed by atoms with Crippen LogP contribution >= 0.6 is 0 Å². The lowest BCUT2D eigenvalue weighted by Gasteiger charge is -2.33. The van der Waals surface area contributed by atoms with Crippen molar-refractivity contribution in [1.29, 1.82) is 0 Å². The average molecular weight is 296 g/mol. The first-order valence-corrected chi connectivity index (χ1v) is 7.65. The Morgan fingerprint density at radius 1 is 1.09 bits per heavy atom. The van der Waals surface area contributed by atoms with E-state index in [1.807, 2.05) is 48.5 Å². The molecule has 4 nitrogen and oxygen atoms in total. The minimum Gasteiger partial charge on any atom is -0.379 e. The Bertz CT molecular complexity index is 595. The Labute approximate surface area is 130 Å². The molecule has 1 aliphatic heterocycles. The number of ketones is 1. The van der Waals surface area contributed by atoms with Gasteiger partial charge in [0.05, 0.1) is 24.9 Å². The number of pyridine rings is 1. The predicted octanol–water partition coefficient (Wildman–Crippen LogP) is 2.73. The molecule has 0 bridgehead atoms. The van der Waals surface area contributed by atoms with E-state index >= 15 is 0 Å². The Morgan fingerprint density at radius 2 is 1.82 bits per heavy atom. The molecular formula is C18H20N2O2. The van der Waals surface area contributed by atoms with Gasteiger partial charge in [0.25, 0.3) is 0 Å². The second-order valence-electron chi connectivity index (χ2n) is 5.41. The molecule has 2 heterocycles. The molecule has 0 radical (unpaired) electrons. The molecule has 0 spiro atoms. The van der Waals surface area contributed by atoms with Crippen molar-refractivity contribution in [1.82, 2.24) is 9.88 Å². The third-order valence-corrected chi connectivity index (χ3v) is 3.99. The molecule has 0 N–H and O–H groups in total. The van der Waals surface area contributed by atoms with E-state index in [0.29, 0.717) is 19.6 Å². The smallest absolute Gasteiger partial charge is 0.164 e. The number of benzene rings is 1. The number of carbonyl (C=O) groups excluding carboxylic acids is 1. The fraction of sp³-hybridized carbons (Fsp3) is 0.333. The van der Waals surface area contributed by atoms with E-state index < -0.39 is 0 Å². The van der Waals surface area contributed by atoms with Gasteiger partial charge in [-0.2, -0.15) is 0 Å². The summed E-state index contributed by atoms with van der Waals surface area (Å²) in [5.74, 6) is 0.155. The molecule has 1 aromatic carbocycles.